The first kappa shape index (κ1) is 19.4. The van der Waals surface area contributed by atoms with Crippen molar-refractivity contribution in [3.63, 3.8) is 0 Å². The van der Waals surface area contributed by atoms with E-state index in [1.807, 2.05) is 30.3 Å². The van der Waals surface area contributed by atoms with Crippen LogP contribution in [0.1, 0.15) is 25.8 Å². The zero-order valence-corrected chi connectivity index (χ0v) is 15.9. The molecule has 0 spiro atoms. The standard InChI is InChI=1S/C20H22Cl2N2O/c1-14(15-7-5-4-6-8-15)12-20(2,3)13-23-19(25)24-18-10-16(21)9-17(22)11-18/h4-11H,1,12-13H2,2-3H3,(H2,23,24,25). The number of hydrogen-bond donors (Lipinski definition) is 2. The molecular formula is C20H22Cl2N2O. The van der Waals surface area contributed by atoms with E-state index in [9.17, 15) is 4.79 Å². The van der Waals surface area contributed by atoms with Crippen molar-refractivity contribution >= 4 is 40.5 Å². The fourth-order valence-corrected chi connectivity index (χ4v) is 3.06. The van der Waals surface area contributed by atoms with Crippen molar-refractivity contribution in [1.82, 2.24) is 5.32 Å². The summed E-state index contributed by atoms with van der Waals surface area (Å²) in [6, 6.07) is 14.7. The fourth-order valence-electron chi connectivity index (χ4n) is 2.54. The molecule has 2 aromatic carbocycles. The van der Waals surface area contributed by atoms with E-state index < -0.39 is 0 Å². The van der Waals surface area contributed by atoms with Crippen LogP contribution in [0, 0.1) is 5.41 Å². The lowest BCUT2D eigenvalue weighted by molar-refractivity contribution is 0.245. The third-order valence-corrected chi connectivity index (χ3v) is 4.16. The van der Waals surface area contributed by atoms with Gasteiger partial charge in [-0.1, -0.05) is 74.0 Å². The van der Waals surface area contributed by atoms with Crippen molar-refractivity contribution in [2.45, 2.75) is 20.3 Å². The molecule has 0 aromatic heterocycles. The van der Waals surface area contributed by atoms with Crippen LogP contribution in [-0.4, -0.2) is 12.6 Å². The molecule has 0 heterocycles. The molecule has 2 amide bonds. The average molecular weight is 377 g/mol. The number of benzene rings is 2. The number of hydrogen-bond acceptors (Lipinski definition) is 1. The van der Waals surface area contributed by atoms with Crippen LogP contribution in [0.15, 0.2) is 55.1 Å². The second-order valence-electron chi connectivity index (χ2n) is 6.78. The van der Waals surface area contributed by atoms with Gasteiger partial charge < -0.3 is 10.6 Å². The third kappa shape index (κ3) is 6.45. The second-order valence-corrected chi connectivity index (χ2v) is 7.65. The topological polar surface area (TPSA) is 41.1 Å². The first-order valence-electron chi connectivity index (χ1n) is 7.99. The minimum Gasteiger partial charge on any atom is -0.337 e. The number of urea groups is 1. The Bertz CT molecular complexity index is 737. The Morgan fingerprint density at radius 3 is 2.28 bits per heavy atom. The van der Waals surface area contributed by atoms with Gasteiger partial charge in [-0.25, -0.2) is 4.79 Å². The van der Waals surface area contributed by atoms with E-state index in [-0.39, 0.29) is 11.4 Å². The molecule has 25 heavy (non-hydrogen) atoms. The van der Waals surface area contributed by atoms with Gasteiger partial charge in [0.1, 0.15) is 0 Å². The number of amides is 2. The Balaban J connectivity index is 1.88. The molecule has 132 valence electrons. The maximum Gasteiger partial charge on any atom is 0.319 e. The van der Waals surface area contributed by atoms with Gasteiger partial charge in [0.2, 0.25) is 0 Å². The predicted molar refractivity (Wildman–Crippen MR) is 107 cm³/mol. The normalized spacial score (nSPS) is 11.0. The summed E-state index contributed by atoms with van der Waals surface area (Å²) in [5.74, 6) is 0. The number of carbonyl (C=O) groups excluding carboxylic acids is 1. The first-order valence-corrected chi connectivity index (χ1v) is 8.75. The van der Waals surface area contributed by atoms with E-state index in [4.69, 9.17) is 23.2 Å². The first-order chi connectivity index (χ1) is 11.7. The summed E-state index contributed by atoms with van der Waals surface area (Å²) in [6.45, 7) is 8.87. The molecule has 0 aliphatic rings. The van der Waals surface area contributed by atoms with Gasteiger partial charge in [-0.3, -0.25) is 0 Å². The van der Waals surface area contributed by atoms with E-state index in [1.54, 1.807) is 18.2 Å². The number of anilines is 1. The van der Waals surface area contributed by atoms with Crippen LogP contribution in [0.4, 0.5) is 10.5 Å². The third-order valence-electron chi connectivity index (χ3n) is 3.72. The highest BCUT2D eigenvalue weighted by molar-refractivity contribution is 6.35. The number of nitrogens with one attached hydrogen (secondary N) is 2. The maximum atomic E-state index is 12.1. The zero-order valence-electron chi connectivity index (χ0n) is 14.4. The van der Waals surface area contributed by atoms with Gasteiger partial charge in [-0.2, -0.15) is 0 Å². The molecule has 2 aromatic rings. The quantitative estimate of drug-likeness (QED) is 0.614. The maximum absolute atomic E-state index is 12.1. The van der Waals surface area contributed by atoms with Crippen molar-refractivity contribution in [1.29, 1.82) is 0 Å². The molecule has 2 rings (SSSR count). The van der Waals surface area contributed by atoms with E-state index in [0.717, 1.165) is 17.6 Å². The SMILES string of the molecule is C=C(CC(C)(C)CNC(=O)Nc1cc(Cl)cc(Cl)c1)c1ccccc1. The Morgan fingerprint density at radius 1 is 1.08 bits per heavy atom. The molecule has 3 nitrogen and oxygen atoms in total. The minimum atomic E-state index is -0.295. The molecule has 0 saturated carbocycles. The summed E-state index contributed by atoms with van der Waals surface area (Å²) >= 11 is 11.9. The van der Waals surface area contributed by atoms with Gasteiger partial charge >= 0.3 is 6.03 Å². The average Bonchev–Trinajstić information content (AvgIpc) is 2.52. The van der Waals surface area contributed by atoms with Crippen molar-refractivity contribution in [3.05, 3.63) is 70.7 Å². The lowest BCUT2D eigenvalue weighted by Gasteiger charge is -2.26. The highest BCUT2D eigenvalue weighted by Gasteiger charge is 2.20. The Kier molecular flexibility index (Phi) is 6.51. The summed E-state index contributed by atoms with van der Waals surface area (Å²) in [7, 11) is 0. The van der Waals surface area contributed by atoms with Crippen LogP contribution in [0.5, 0.6) is 0 Å². The molecule has 0 unspecified atom stereocenters. The lowest BCUT2D eigenvalue weighted by Crippen LogP contribution is -2.36. The second kappa shape index (κ2) is 8.41. The summed E-state index contributed by atoms with van der Waals surface area (Å²) in [4.78, 5) is 12.1. The highest BCUT2D eigenvalue weighted by Crippen LogP contribution is 2.29. The number of allylic oxidation sites excluding steroid dienone is 1. The minimum absolute atomic E-state index is 0.129. The van der Waals surface area contributed by atoms with Crippen molar-refractivity contribution in [2.75, 3.05) is 11.9 Å². The number of carbonyl (C=O) groups is 1. The van der Waals surface area contributed by atoms with Gasteiger partial charge in [0.05, 0.1) is 0 Å². The Labute approximate surface area is 159 Å². The van der Waals surface area contributed by atoms with Crippen LogP contribution in [0.2, 0.25) is 10.0 Å². The molecule has 0 aliphatic heterocycles. The highest BCUT2D eigenvalue weighted by atomic mass is 35.5. The molecule has 0 saturated heterocycles. The summed E-state index contributed by atoms with van der Waals surface area (Å²) in [5.41, 5.74) is 2.60. The molecule has 0 fully saturated rings. The van der Waals surface area contributed by atoms with Crippen LogP contribution in [-0.2, 0) is 0 Å². The van der Waals surface area contributed by atoms with E-state index in [2.05, 4.69) is 31.1 Å². The Morgan fingerprint density at radius 2 is 1.68 bits per heavy atom. The lowest BCUT2D eigenvalue weighted by atomic mass is 9.84. The van der Waals surface area contributed by atoms with E-state index >= 15 is 0 Å². The van der Waals surface area contributed by atoms with Gasteiger partial charge in [-0.05, 0) is 41.2 Å². The fraction of sp³-hybridized carbons (Fsp3) is 0.250. The van der Waals surface area contributed by atoms with E-state index in [1.165, 1.54) is 0 Å². The Hall–Kier alpha value is -1.97. The van der Waals surface area contributed by atoms with Crippen LogP contribution < -0.4 is 10.6 Å². The summed E-state index contributed by atoms with van der Waals surface area (Å²) in [6.07, 6.45) is 0.778. The van der Waals surface area contributed by atoms with Crippen LogP contribution >= 0.6 is 23.2 Å². The number of rotatable bonds is 6. The number of halogens is 2. The molecule has 0 radical (unpaired) electrons. The monoisotopic (exact) mass is 376 g/mol. The summed E-state index contributed by atoms with van der Waals surface area (Å²) in [5, 5.41) is 6.58. The molecule has 0 atom stereocenters. The summed E-state index contributed by atoms with van der Waals surface area (Å²) < 4.78 is 0. The van der Waals surface area contributed by atoms with Crippen molar-refractivity contribution in [3.8, 4) is 0 Å². The van der Waals surface area contributed by atoms with Gasteiger partial charge in [0.25, 0.3) is 0 Å². The van der Waals surface area contributed by atoms with E-state index in [0.29, 0.717) is 22.3 Å². The van der Waals surface area contributed by atoms with Crippen molar-refractivity contribution < 1.29 is 4.79 Å². The molecule has 5 heteroatoms. The van der Waals surface area contributed by atoms with Gasteiger partial charge in [0.15, 0.2) is 0 Å². The smallest absolute Gasteiger partial charge is 0.319 e. The van der Waals surface area contributed by atoms with Crippen LogP contribution in [0.25, 0.3) is 5.57 Å². The molecular weight excluding hydrogens is 355 g/mol. The molecule has 2 N–H and O–H groups in total. The van der Waals surface area contributed by atoms with Crippen molar-refractivity contribution in [2.24, 2.45) is 5.41 Å². The molecule has 0 bridgehead atoms. The zero-order chi connectivity index (χ0) is 18.4. The van der Waals surface area contributed by atoms with Crippen LogP contribution in [0.3, 0.4) is 0 Å². The predicted octanol–water partition coefficient (Wildman–Crippen LogP) is 6.24. The van der Waals surface area contributed by atoms with Gasteiger partial charge in [-0.15, -0.1) is 0 Å². The largest absolute Gasteiger partial charge is 0.337 e. The van der Waals surface area contributed by atoms with Gasteiger partial charge in [0, 0.05) is 22.3 Å². The molecule has 0 aliphatic carbocycles.